The van der Waals surface area contributed by atoms with Gasteiger partial charge in [-0.05, 0) is 215 Å². The van der Waals surface area contributed by atoms with Crippen molar-refractivity contribution in [2.45, 2.75) is 182 Å². The number of ether oxygens (including phenoxy) is 2. The van der Waals surface area contributed by atoms with Crippen LogP contribution in [0.15, 0.2) is 82.7 Å². The van der Waals surface area contributed by atoms with Crippen LogP contribution in [-0.2, 0) is 25.2 Å². The SMILES string of the molecule is CC(=O)c1cc(F)ccc1-c1[nH]c2cc(C(=O)OC(C)(C)C)ccc2c1C1CCCCC1.CC(=O)c1cc(F)ccc1Br.CC(C)(C)OC(=O)c1ccc2c(c1)CC(B1OC(C)(C)C(C)(C)O1)=C2C1CCCCC1. The zero-order chi connectivity index (χ0) is 54.1. The highest BCUT2D eigenvalue weighted by Gasteiger charge is 2.54. The van der Waals surface area contributed by atoms with Gasteiger partial charge in [-0.15, -0.1) is 0 Å². The summed E-state index contributed by atoms with van der Waals surface area (Å²) < 4.78 is 51.2. The molecule has 4 aromatic carbocycles. The summed E-state index contributed by atoms with van der Waals surface area (Å²) in [6, 6.07) is 20.1. The lowest BCUT2D eigenvalue weighted by Crippen LogP contribution is -2.41. The zero-order valence-electron chi connectivity index (χ0n) is 45.3. The number of Topliss-reactive ketones (excluding diaryl/α,β-unsaturated/α-hetero) is 2. The number of aromatic nitrogens is 1. The minimum absolute atomic E-state index is 0.142. The van der Waals surface area contributed by atoms with Gasteiger partial charge in [-0.3, -0.25) is 9.59 Å². The van der Waals surface area contributed by atoms with Crippen LogP contribution in [0.3, 0.4) is 0 Å². The molecule has 3 fully saturated rings. The van der Waals surface area contributed by atoms with Gasteiger partial charge in [-0.25, -0.2) is 18.4 Å². The number of hydrogen-bond acceptors (Lipinski definition) is 8. The van der Waals surface area contributed by atoms with Crippen LogP contribution in [0, 0.1) is 17.6 Å². The Bertz CT molecular complexity index is 2950. The Hall–Kier alpha value is -5.24. The summed E-state index contributed by atoms with van der Waals surface area (Å²) in [4.78, 5) is 51.9. The highest BCUT2D eigenvalue weighted by atomic mass is 79.9. The third-order valence-corrected chi connectivity index (χ3v) is 15.4. The minimum atomic E-state index is -0.579. The second-order valence-corrected chi connectivity index (χ2v) is 24.2. The molecule has 2 saturated carbocycles. The van der Waals surface area contributed by atoms with E-state index in [0.717, 1.165) is 54.3 Å². The van der Waals surface area contributed by atoms with Crippen LogP contribution in [-0.4, -0.2) is 58.0 Å². The van der Waals surface area contributed by atoms with Gasteiger partial charge >= 0.3 is 19.1 Å². The number of ketones is 2. The van der Waals surface area contributed by atoms with Crippen molar-refractivity contribution in [3.8, 4) is 11.3 Å². The van der Waals surface area contributed by atoms with E-state index in [9.17, 15) is 28.0 Å². The van der Waals surface area contributed by atoms with Gasteiger partial charge in [0, 0.05) is 32.1 Å². The third-order valence-electron chi connectivity index (χ3n) is 14.7. The van der Waals surface area contributed by atoms with E-state index >= 15 is 0 Å². The van der Waals surface area contributed by atoms with Gasteiger partial charge in [0.2, 0.25) is 0 Å². The molecule has 1 aromatic heterocycles. The number of carbonyl (C=O) groups is 4. The number of halogens is 3. The predicted octanol–water partition coefficient (Wildman–Crippen LogP) is 16.1. The molecule has 0 radical (unpaired) electrons. The summed E-state index contributed by atoms with van der Waals surface area (Å²) in [6.07, 6.45) is 12.8. The second-order valence-electron chi connectivity index (χ2n) is 23.4. The molecule has 4 aliphatic rings. The van der Waals surface area contributed by atoms with Crippen LogP contribution in [0.4, 0.5) is 8.78 Å². The van der Waals surface area contributed by atoms with Crippen molar-refractivity contribution in [3.05, 3.63) is 133 Å². The summed E-state index contributed by atoms with van der Waals surface area (Å²) >= 11 is 3.14. The van der Waals surface area contributed by atoms with Crippen molar-refractivity contribution in [2.75, 3.05) is 0 Å². The van der Waals surface area contributed by atoms with Gasteiger partial charge < -0.3 is 23.8 Å². The summed E-state index contributed by atoms with van der Waals surface area (Å²) in [6.45, 7) is 22.5. The Kier molecular flexibility index (Phi) is 17.2. The number of H-pyrrole nitrogens is 1. The Morgan fingerprint density at radius 1 is 0.635 bits per heavy atom. The minimum Gasteiger partial charge on any atom is -0.456 e. The van der Waals surface area contributed by atoms with Crippen molar-refractivity contribution in [1.82, 2.24) is 4.98 Å². The normalized spacial score (nSPS) is 17.7. The fourth-order valence-electron chi connectivity index (χ4n) is 10.5. The zero-order valence-corrected chi connectivity index (χ0v) is 46.9. The van der Waals surface area contributed by atoms with Crippen molar-refractivity contribution < 1.29 is 46.7 Å². The number of allylic oxidation sites excluding steroid dienone is 2. The molecule has 0 bridgehead atoms. The number of nitrogens with one attached hydrogen (secondary N) is 1. The molecule has 1 saturated heterocycles. The van der Waals surface area contributed by atoms with Crippen LogP contribution < -0.4 is 0 Å². The fourth-order valence-corrected chi connectivity index (χ4v) is 11.0. The standard InChI is InChI=1S/C27H30FNO3.C26H37BO4.C8H6BrFO/c1-16(30)22-15-19(28)11-13-20(22)25-24(17-8-6-5-7-9-17)21-12-10-18(14-23(21)29-25)26(31)32-27(2,3)4;1-24(2,3)29-23(28)18-13-14-20-19(15-18)16-21(22(20)17-11-9-8-10-12-17)27-30-25(4,5)26(6,7)31-27;1-5(11)7-4-6(10)2-3-8(7)9/h10-15,17,29H,5-9H2,1-4H3;13-15,17H,8-12,16H2,1-7H3;2-4H,1H3. The number of rotatable bonds is 8. The molecule has 0 atom stereocenters. The van der Waals surface area contributed by atoms with Gasteiger partial charge in [0.05, 0.1) is 28.0 Å². The average molecular weight is 1080 g/mol. The number of benzene rings is 4. The maximum absolute atomic E-state index is 13.9. The molecule has 1 N–H and O–H groups in total. The number of fused-ring (bicyclic) bond motifs is 2. The Balaban J connectivity index is 0.000000180. The van der Waals surface area contributed by atoms with Crippen LogP contribution in [0.1, 0.15) is 211 Å². The van der Waals surface area contributed by atoms with Crippen molar-refractivity contribution in [2.24, 2.45) is 5.92 Å². The first-order chi connectivity index (χ1) is 34.6. The van der Waals surface area contributed by atoms with E-state index in [1.807, 2.05) is 65.8 Å². The Morgan fingerprint density at radius 2 is 1.12 bits per heavy atom. The van der Waals surface area contributed by atoms with Gasteiger partial charge in [-0.1, -0.05) is 66.6 Å². The highest BCUT2D eigenvalue weighted by molar-refractivity contribution is 9.10. The van der Waals surface area contributed by atoms with Gasteiger partial charge in [0.1, 0.15) is 22.8 Å². The molecule has 5 aromatic rings. The van der Waals surface area contributed by atoms with E-state index in [0.29, 0.717) is 44.1 Å². The second kappa shape index (κ2) is 22.5. The predicted molar refractivity (Wildman–Crippen MR) is 294 cm³/mol. The van der Waals surface area contributed by atoms with Crippen LogP contribution in [0.5, 0.6) is 0 Å². The molecular formula is C61H73BBrF2NO8. The molecule has 394 valence electrons. The maximum atomic E-state index is 13.9. The van der Waals surface area contributed by atoms with E-state index in [2.05, 4.69) is 54.7 Å². The molecule has 9 rings (SSSR count). The van der Waals surface area contributed by atoms with Crippen molar-refractivity contribution in [3.63, 3.8) is 0 Å². The van der Waals surface area contributed by atoms with Gasteiger partial charge in [-0.2, -0.15) is 0 Å². The average Bonchev–Trinajstić information content (AvgIpc) is 3.97. The smallest absolute Gasteiger partial charge is 0.456 e. The summed E-state index contributed by atoms with van der Waals surface area (Å²) in [7, 11) is -0.334. The molecule has 74 heavy (non-hydrogen) atoms. The monoisotopic (exact) mass is 1080 g/mol. The highest BCUT2D eigenvalue weighted by Crippen LogP contribution is 2.49. The molecule has 9 nitrogen and oxygen atoms in total. The van der Waals surface area contributed by atoms with Crippen molar-refractivity contribution >= 4 is 63.0 Å². The number of carbonyl (C=O) groups excluding carboxylic acids is 4. The van der Waals surface area contributed by atoms with E-state index in [1.165, 1.54) is 105 Å². The first-order valence-electron chi connectivity index (χ1n) is 26.2. The van der Waals surface area contributed by atoms with E-state index in [4.69, 9.17) is 18.8 Å². The lowest BCUT2D eigenvalue weighted by Gasteiger charge is -2.32. The lowest BCUT2D eigenvalue weighted by atomic mass is 9.70. The lowest BCUT2D eigenvalue weighted by molar-refractivity contribution is 0.00570. The first-order valence-corrected chi connectivity index (χ1v) is 27.0. The molecule has 0 unspecified atom stereocenters. The number of esters is 2. The van der Waals surface area contributed by atoms with Gasteiger partial charge in [0.25, 0.3) is 0 Å². The summed E-state index contributed by atoms with van der Waals surface area (Å²) in [5, 5.41) is 1.04. The van der Waals surface area contributed by atoms with Crippen LogP contribution in [0.25, 0.3) is 27.7 Å². The Morgan fingerprint density at radius 3 is 1.65 bits per heavy atom. The quantitative estimate of drug-likeness (QED) is 0.0927. The third kappa shape index (κ3) is 13.2. The maximum Gasteiger partial charge on any atom is 0.491 e. The van der Waals surface area contributed by atoms with E-state index in [-0.39, 0.29) is 41.8 Å². The topological polar surface area (TPSA) is 121 Å². The summed E-state index contributed by atoms with van der Waals surface area (Å²) in [5.74, 6) is -0.890. The number of hydrogen-bond donors (Lipinski definition) is 1. The van der Waals surface area contributed by atoms with E-state index < -0.39 is 22.8 Å². The first kappa shape index (κ1) is 56.5. The summed E-state index contributed by atoms with van der Waals surface area (Å²) in [5.41, 5.74) is 8.67. The molecule has 0 amide bonds. The van der Waals surface area contributed by atoms with Crippen LogP contribution >= 0.6 is 15.9 Å². The van der Waals surface area contributed by atoms with Crippen LogP contribution in [0.2, 0.25) is 0 Å². The molecular weight excluding hydrogens is 1000 g/mol. The van der Waals surface area contributed by atoms with E-state index in [1.54, 1.807) is 12.1 Å². The molecule has 0 spiro atoms. The molecule has 3 aliphatic carbocycles. The fraction of sp³-hybridized carbons (Fsp3) is 0.475. The van der Waals surface area contributed by atoms with Crippen molar-refractivity contribution in [1.29, 1.82) is 0 Å². The Labute approximate surface area is 445 Å². The molecule has 1 aliphatic heterocycles. The molecule has 13 heteroatoms. The largest absolute Gasteiger partial charge is 0.491 e. The van der Waals surface area contributed by atoms with Gasteiger partial charge in [0.15, 0.2) is 11.6 Å². The number of aromatic amines is 1. The molecule has 2 heterocycles.